The van der Waals surface area contributed by atoms with E-state index in [9.17, 15) is 0 Å². The number of hydroxylamine groups is 1. The molecule has 3 nitrogen and oxygen atoms in total. The van der Waals surface area contributed by atoms with Crippen LogP contribution in [0.3, 0.4) is 0 Å². The molecule has 0 atom stereocenters. The SMILES string of the molecule is COCN(Oc1ccccc1)c1ccccc1C. The van der Waals surface area contributed by atoms with E-state index in [1.54, 1.807) is 12.2 Å². The van der Waals surface area contributed by atoms with Crippen molar-refractivity contribution in [1.82, 2.24) is 0 Å². The van der Waals surface area contributed by atoms with Crippen molar-refractivity contribution in [1.29, 1.82) is 0 Å². The van der Waals surface area contributed by atoms with Crippen molar-refractivity contribution < 1.29 is 9.57 Å². The minimum atomic E-state index is 0.375. The van der Waals surface area contributed by atoms with Gasteiger partial charge in [-0.15, -0.1) is 0 Å². The second-order valence-corrected chi connectivity index (χ2v) is 3.99. The highest BCUT2D eigenvalue weighted by Crippen LogP contribution is 2.21. The Bertz CT molecular complexity index is 485. The largest absolute Gasteiger partial charge is 0.377 e. The predicted molar refractivity (Wildman–Crippen MR) is 72.6 cm³/mol. The molecule has 0 radical (unpaired) electrons. The first kappa shape index (κ1) is 12.5. The molecule has 0 fully saturated rings. The smallest absolute Gasteiger partial charge is 0.155 e. The molecule has 0 heterocycles. The Hall–Kier alpha value is -2.00. The van der Waals surface area contributed by atoms with Gasteiger partial charge in [0, 0.05) is 7.11 Å². The zero-order valence-corrected chi connectivity index (χ0v) is 10.7. The summed E-state index contributed by atoms with van der Waals surface area (Å²) in [4.78, 5) is 5.83. The minimum absolute atomic E-state index is 0.375. The maximum absolute atomic E-state index is 5.83. The number of rotatable bonds is 5. The van der Waals surface area contributed by atoms with Gasteiger partial charge in [-0.3, -0.25) is 0 Å². The quantitative estimate of drug-likeness (QED) is 0.593. The Morgan fingerprint density at radius 2 is 1.61 bits per heavy atom. The van der Waals surface area contributed by atoms with E-state index in [0.29, 0.717) is 6.73 Å². The molecule has 18 heavy (non-hydrogen) atoms. The first-order chi connectivity index (χ1) is 8.81. The highest BCUT2D eigenvalue weighted by Gasteiger charge is 2.10. The molecule has 2 rings (SSSR count). The molecule has 94 valence electrons. The van der Waals surface area contributed by atoms with Gasteiger partial charge in [-0.2, -0.15) is 5.06 Å². The van der Waals surface area contributed by atoms with Crippen LogP contribution in [0.15, 0.2) is 54.6 Å². The molecule has 2 aromatic rings. The average Bonchev–Trinajstić information content (AvgIpc) is 2.40. The van der Waals surface area contributed by atoms with Crippen molar-refractivity contribution in [3.63, 3.8) is 0 Å². The number of para-hydroxylation sites is 2. The third-order valence-corrected chi connectivity index (χ3v) is 2.59. The molecule has 0 N–H and O–H groups in total. The number of hydrogen-bond acceptors (Lipinski definition) is 3. The lowest BCUT2D eigenvalue weighted by Gasteiger charge is -2.24. The van der Waals surface area contributed by atoms with Crippen LogP contribution in [-0.4, -0.2) is 13.8 Å². The molecule has 0 amide bonds. The summed E-state index contributed by atoms with van der Waals surface area (Å²) in [7, 11) is 1.65. The lowest BCUT2D eigenvalue weighted by Crippen LogP contribution is -2.29. The summed E-state index contributed by atoms with van der Waals surface area (Å²) in [6.07, 6.45) is 0. The highest BCUT2D eigenvalue weighted by molar-refractivity contribution is 5.51. The van der Waals surface area contributed by atoms with E-state index in [2.05, 4.69) is 0 Å². The van der Waals surface area contributed by atoms with Crippen LogP contribution in [-0.2, 0) is 4.74 Å². The second kappa shape index (κ2) is 6.07. The molecule has 0 bridgehead atoms. The Kier molecular flexibility index (Phi) is 4.20. The molecule has 0 saturated heterocycles. The normalized spacial score (nSPS) is 10.1. The van der Waals surface area contributed by atoms with Crippen LogP contribution in [0.2, 0.25) is 0 Å². The van der Waals surface area contributed by atoms with E-state index in [-0.39, 0.29) is 0 Å². The number of ether oxygens (including phenoxy) is 1. The van der Waals surface area contributed by atoms with Crippen molar-refractivity contribution in [3.05, 3.63) is 60.2 Å². The molecular formula is C15H17NO2. The van der Waals surface area contributed by atoms with Gasteiger partial charge in [0.25, 0.3) is 0 Å². The number of aryl methyl sites for hydroxylation is 1. The monoisotopic (exact) mass is 243 g/mol. The molecule has 0 saturated carbocycles. The molecule has 0 aliphatic heterocycles. The van der Waals surface area contributed by atoms with Crippen LogP contribution in [0.4, 0.5) is 5.69 Å². The molecule has 0 aliphatic carbocycles. The van der Waals surface area contributed by atoms with E-state index in [1.165, 1.54) is 0 Å². The van der Waals surface area contributed by atoms with E-state index in [0.717, 1.165) is 17.0 Å². The number of anilines is 1. The highest BCUT2D eigenvalue weighted by atomic mass is 16.7. The molecule has 0 aliphatic rings. The molecular weight excluding hydrogens is 226 g/mol. The Balaban J connectivity index is 2.21. The summed E-state index contributed by atoms with van der Waals surface area (Å²) in [6, 6.07) is 17.7. The Labute approximate surface area is 108 Å². The minimum Gasteiger partial charge on any atom is -0.377 e. The van der Waals surface area contributed by atoms with Gasteiger partial charge in [0.05, 0.1) is 5.69 Å². The fourth-order valence-electron chi connectivity index (χ4n) is 1.71. The summed E-state index contributed by atoms with van der Waals surface area (Å²) in [6.45, 7) is 2.42. The van der Waals surface area contributed by atoms with E-state index in [1.807, 2.05) is 61.5 Å². The lowest BCUT2D eigenvalue weighted by molar-refractivity contribution is 0.122. The number of methoxy groups -OCH3 is 1. The predicted octanol–water partition coefficient (Wildman–Crippen LogP) is 3.40. The number of nitrogens with zero attached hydrogens (tertiary/aromatic N) is 1. The van der Waals surface area contributed by atoms with Crippen molar-refractivity contribution >= 4 is 5.69 Å². The Morgan fingerprint density at radius 1 is 0.944 bits per heavy atom. The molecule has 2 aromatic carbocycles. The van der Waals surface area contributed by atoms with Gasteiger partial charge in [-0.1, -0.05) is 36.4 Å². The number of hydrogen-bond donors (Lipinski definition) is 0. The van der Waals surface area contributed by atoms with Gasteiger partial charge in [0.2, 0.25) is 0 Å². The van der Waals surface area contributed by atoms with E-state index in [4.69, 9.17) is 9.57 Å². The third kappa shape index (κ3) is 3.02. The van der Waals surface area contributed by atoms with Crippen LogP contribution in [0.5, 0.6) is 5.75 Å². The fraction of sp³-hybridized carbons (Fsp3) is 0.200. The van der Waals surface area contributed by atoms with Crippen molar-refractivity contribution in [2.24, 2.45) is 0 Å². The van der Waals surface area contributed by atoms with Gasteiger partial charge < -0.3 is 9.57 Å². The van der Waals surface area contributed by atoms with Crippen molar-refractivity contribution in [2.75, 3.05) is 18.9 Å². The lowest BCUT2D eigenvalue weighted by atomic mass is 10.2. The summed E-state index contributed by atoms with van der Waals surface area (Å²) in [5.74, 6) is 0.790. The topological polar surface area (TPSA) is 21.7 Å². The van der Waals surface area contributed by atoms with Crippen molar-refractivity contribution in [2.45, 2.75) is 6.92 Å². The summed E-state index contributed by atoms with van der Waals surface area (Å²) >= 11 is 0. The standard InChI is InChI=1S/C15H17NO2/c1-13-8-6-7-11-15(13)16(12-17-2)18-14-9-4-3-5-10-14/h3-11H,12H2,1-2H3. The van der Waals surface area contributed by atoms with Gasteiger partial charge in [-0.05, 0) is 30.7 Å². The summed E-state index contributed by atoms with van der Waals surface area (Å²) in [5.41, 5.74) is 2.15. The second-order valence-electron chi connectivity index (χ2n) is 3.99. The first-order valence-electron chi connectivity index (χ1n) is 5.86. The zero-order valence-electron chi connectivity index (χ0n) is 10.7. The number of benzene rings is 2. The van der Waals surface area contributed by atoms with Crippen LogP contribution in [0.1, 0.15) is 5.56 Å². The zero-order chi connectivity index (χ0) is 12.8. The fourth-order valence-corrected chi connectivity index (χ4v) is 1.71. The Morgan fingerprint density at radius 3 is 2.28 bits per heavy atom. The molecule has 0 aromatic heterocycles. The van der Waals surface area contributed by atoms with Crippen molar-refractivity contribution in [3.8, 4) is 5.75 Å². The van der Waals surface area contributed by atoms with Crippen LogP contribution in [0.25, 0.3) is 0 Å². The van der Waals surface area contributed by atoms with E-state index >= 15 is 0 Å². The summed E-state index contributed by atoms with van der Waals surface area (Å²) < 4.78 is 5.19. The van der Waals surface area contributed by atoms with Gasteiger partial charge >= 0.3 is 0 Å². The van der Waals surface area contributed by atoms with Crippen LogP contribution >= 0.6 is 0 Å². The maximum Gasteiger partial charge on any atom is 0.155 e. The molecule has 0 unspecified atom stereocenters. The van der Waals surface area contributed by atoms with E-state index < -0.39 is 0 Å². The van der Waals surface area contributed by atoms with Crippen LogP contribution < -0.4 is 9.90 Å². The molecule has 3 heteroatoms. The molecule has 0 spiro atoms. The first-order valence-corrected chi connectivity index (χ1v) is 5.86. The maximum atomic E-state index is 5.83. The average molecular weight is 243 g/mol. The third-order valence-electron chi connectivity index (χ3n) is 2.59. The van der Waals surface area contributed by atoms with Gasteiger partial charge in [0.1, 0.15) is 0 Å². The van der Waals surface area contributed by atoms with Gasteiger partial charge in [0.15, 0.2) is 12.5 Å². The van der Waals surface area contributed by atoms with Gasteiger partial charge in [-0.25, -0.2) is 0 Å². The van der Waals surface area contributed by atoms with Crippen LogP contribution in [0, 0.1) is 6.92 Å². The summed E-state index contributed by atoms with van der Waals surface area (Å²) in [5, 5.41) is 1.74.